The van der Waals surface area contributed by atoms with Crippen molar-refractivity contribution < 1.29 is 0 Å². The third-order valence-electron chi connectivity index (χ3n) is 1.92. The Labute approximate surface area is 95.8 Å². The lowest BCUT2D eigenvalue weighted by atomic mass is 10.2. The van der Waals surface area contributed by atoms with Crippen molar-refractivity contribution in [1.29, 1.82) is 0 Å². The van der Waals surface area contributed by atoms with Crippen LogP contribution < -0.4 is 0 Å². The van der Waals surface area contributed by atoms with E-state index in [1.54, 1.807) is 11.3 Å². The maximum Gasteiger partial charge on any atom is 0.123 e. The molecule has 2 aromatic rings. The summed E-state index contributed by atoms with van der Waals surface area (Å²) in [6, 6.07) is 10.3. The van der Waals surface area contributed by atoms with Crippen LogP contribution in [0.4, 0.5) is 0 Å². The molecule has 2 heteroatoms. The highest BCUT2D eigenvalue weighted by Gasteiger charge is 2.01. The van der Waals surface area contributed by atoms with Crippen LogP contribution in [0.2, 0.25) is 0 Å². The maximum atomic E-state index is 4.38. The van der Waals surface area contributed by atoms with Gasteiger partial charge in [0.2, 0.25) is 0 Å². The fourth-order valence-corrected chi connectivity index (χ4v) is 2.04. The highest BCUT2D eigenvalue weighted by molar-refractivity contribution is 7.15. The number of nitrogens with zero attached hydrogens (tertiary/aromatic N) is 1. The van der Waals surface area contributed by atoms with Crippen LogP contribution in [0, 0.1) is 0 Å². The summed E-state index contributed by atoms with van der Waals surface area (Å²) in [4.78, 5) is 5.72. The minimum absolute atomic E-state index is 1.07. The second kappa shape index (κ2) is 6.36. The van der Waals surface area contributed by atoms with E-state index in [0.29, 0.717) is 0 Å². The Balaban J connectivity index is 0.000000531. The van der Waals surface area contributed by atoms with Gasteiger partial charge >= 0.3 is 0 Å². The van der Waals surface area contributed by atoms with Crippen molar-refractivity contribution in [2.75, 3.05) is 0 Å². The van der Waals surface area contributed by atoms with E-state index in [0.717, 1.165) is 11.4 Å². The number of rotatable bonds is 2. The number of aryl methyl sites for hydroxylation is 1. The van der Waals surface area contributed by atoms with Gasteiger partial charge in [0.1, 0.15) is 5.01 Å². The summed E-state index contributed by atoms with van der Waals surface area (Å²) in [5, 5.41) is 1.12. The van der Waals surface area contributed by atoms with Gasteiger partial charge in [-0.1, -0.05) is 51.1 Å². The van der Waals surface area contributed by atoms with E-state index in [9.17, 15) is 0 Å². The van der Waals surface area contributed by atoms with Crippen molar-refractivity contribution in [2.45, 2.75) is 27.2 Å². The highest BCUT2D eigenvalue weighted by Crippen LogP contribution is 2.24. The molecule has 0 saturated heterocycles. The Morgan fingerprint density at radius 1 is 1.13 bits per heavy atom. The summed E-state index contributed by atoms with van der Waals surface area (Å²) in [7, 11) is 0. The molecule has 0 amide bonds. The SMILES string of the molecule is CC.CCc1cnc(-c2ccccc2)s1. The first-order valence-electron chi connectivity index (χ1n) is 5.40. The molecule has 0 atom stereocenters. The van der Waals surface area contributed by atoms with Crippen molar-refractivity contribution in [2.24, 2.45) is 0 Å². The van der Waals surface area contributed by atoms with Gasteiger partial charge in [-0.25, -0.2) is 4.98 Å². The van der Waals surface area contributed by atoms with Crippen molar-refractivity contribution in [3.63, 3.8) is 0 Å². The first-order chi connectivity index (χ1) is 7.40. The minimum atomic E-state index is 1.07. The van der Waals surface area contributed by atoms with Gasteiger partial charge in [0.05, 0.1) is 0 Å². The zero-order valence-electron chi connectivity index (χ0n) is 9.53. The number of benzene rings is 1. The molecular formula is C13H17NS. The third kappa shape index (κ3) is 3.17. The normalized spacial score (nSPS) is 9.27. The molecule has 0 unspecified atom stereocenters. The fourth-order valence-electron chi connectivity index (χ4n) is 1.19. The predicted molar refractivity (Wildman–Crippen MR) is 68.3 cm³/mol. The van der Waals surface area contributed by atoms with Gasteiger partial charge in [-0.15, -0.1) is 11.3 Å². The Morgan fingerprint density at radius 2 is 1.80 bits per heavy atom. The Morgan fingerprint density at radius 3 is 2.33 bits per heavy atom. The third-order valence-corrected chi connectivity index (χ3v) is 3.11. The average Bonchev–Trinajstić information content (AvgIpc) is 2.81. The maximum absolute atomic E-state index is 4.38. The molecule has 1 aromatic heterocycles. The van der Waals surface area contributed by atoms with Gasteiger partial charge < -0.3 is 0 Å². The zero-order chi connectivity index (χ0) is 11.1. The molecule has 2 rings (SSSR count). The molecule has 0 aliphatic heterocycles. The molecule has 0 bridgehead atoms. The number of hydrogen-bond acceptors (Lipinski definition) is 2. The Bertz CT molecular complexity index is 378. The monoisotopic (exact) mass is 219 g/mol. The van der Waals surface area contributed by atoms with Crippen LogP contribution >= 0.6 is 11.3 Å². The topological polar surface area (TPSA) is 12.9 Å². The summed E-state index contributed by atoms with van der Waals surface area (Å²) >= 11 is 1.77. The number of hydrogen-bond donors (Lipinski definition) is 0. The second-order valence-corrected chi connectivity index (χ2v) is 3.97. The first kappa shape index (κ1) is 11.9. The standard InChI is InChI=1S/C11H11NS.C2H6/c1-2-10-8-12-11(13-10)9-6-4-3-5-7-9;1-2/h3-8H,2H2,1H3;1-2H3. The molecule has 1 nitrogen and oxygen atoms in total. The highest BCUT2D eigenvalue weighted by atomic mass is 32.1. The van der Waals surface area contributed by atoms with Crippen LogP contribution in [-0.2, 0) is 6.42 Å². The summed E-state index contributed by atoms with van der Waals surface area (Å²) in [5.41, 5.74) is 1.22. The molecule has 80 valence electrons. The molecule has 1 aromatic carbocycles. The van der Waals surface area contributed by atoms with Gasteiger partial charge in [0.15, 0.2) is 0 Å². The van der Waals surface area contributed by atoms with E-state index < -0.39 is 0 Å². The number of thiazole rings is 1. The first-order valence-corrected chi connectivity index (χ1v) is 6.22. The average molecular weight is 219 g/mol. The van der Waals surface area contributed by atoms with Crippen LogP contribution in [0.1, 0.15) is 25.6 Å². The molecule has 0 radical (unpaired) electrons. The van der Waals surface area contributed by atoms with Gasteiger partial charge in [-0.2, -0.15) is 0 Å². The van der Waals surface area contributed by atoms with Gasteiger partial charge in [-0.05, 0) is 6.42 Å². The van der Waals surface area contributed by atoms with Crippen LogP contribution in [0.3, 0.4) is 0 Å². The molecular weight excluding hydrogens is 202 g/mol. The molecule has 1 heterocycles. The van der Waals surface area contributed by atoms with Crippen molar-refractivity contribution >= 4 is 11.3 Å². The quantitative estimate of drug-likeness (QED) is 0.729. The summed E-state index contributed by atoms with van der Waals surface area (Å²) in [6.07, 6.45) is 3.04. The molecule has 0 spiro atoms. The van der Waals surface area contributed by atoms with Gasteiger partial charge in [0.25, 0.3) is 0 Å². The van der Waals surface area contributed by atoms with E-state index in [-0.39, 0.29) is 0 Å². The summed E-state index contributed by atoms with van der Waals surface area (Å²) < 4.78 is 0. The Kier molecular flexibility index (Phi) is 5.05. The van der Waals surface area contributed by atoms with E-state index in [1.807, 2.05) is 38.2 Å². The largest absolute Gasteiger partial charge is 0.244 e. The minimum Gasteiger partial charge on any atom is -0.244 e. The zero-order valence-corrected chi connectivity index (χ0v) is 10.3. The van der Waals surface area contributed by atoms with Gasteiger partial charge in [0, 0.05) is 16.6 Å². The van der Waals surface area contributed by atoms with Crippen LogP contribution in [0.25, 0.3) is 10.6 Å². The molecule has 0 aliphatic carbocycles. The van der Waals surface area contributed by atoms with Crippen molar-refractivity contribution in [3.8, 4) is 10.6 Å². The van der Waals surface area contributed by atoms with E-state index in [4.69, 9.17) is 0 Å². The second-order valence-electron chi connectivity index (χ2n) is 2.85. The summed E-state index contributed by atoms with van der Waals surface area (Å²) in [5.74, 6) is 0. The predicted octanol–water partition coefficient (Wildman–Crippen LogP) is 4.40. The van der Waals surface area contributed by atoms with E-state index in [1.165, 1.54) is 10.4 Å². The lowest BCUT2D eigenvalue weighted by Crippen LogP contribution is -1.71. The van der Waals surface area contributed by atoms with E-state index in [2.05, 4.69) is 24.0 Å². The molecule has 15 heavy (non-hydrogen) atoms. The molecule has 0 fully saturated rings. The lowest BCUT2D eigenvalue weighted by molar-refractivity contribution is 1.17. The number of aromatic nitrogens is 1. The fraction of sp³-hybridized carbons (Fsp3) is 0.308. The lowest BCUT2D eigenvalue weighted by Gasteiger charge is -1.92. The molecule has 0 aliphatic rings. The smallest absolute Gasteiger partial charge is 0.123 e. The molecule has 0 saturated carbocycles. The van der Waals surface area contributed by atoms with Crippen LogP contribution in [0.15, 0.2) is 36.5 Å². The van der Waals surface area contributed by atoms with Crippen LogP contribution in [-0.4, -0.2) is 4.98 Å². The van der Waals surface area contributed by atoms with Crippen LogP contribution in [0.5, 0.6) is 0 Å². The van der Waals surface area contributed by atoms with Crippen molar-refractivity contribution in [1.82, 2.24) is 4.98 Å². The summed E-state index contributed by atoms with van der Waals surface area (Å²) in [6.45, 7) is 6.16. The van der Waals surface area contributed by atoms with Crippen molar-refractivity contribution in [3.05, 3.63) is 41.4 Å². The van der Waals surface area contributed by atoms with Gasteiger partial charge in [-0.3, -0.25) is 0 Å². The molecule has 0 N–H and O–H groups in total. The Hall–Kier alpha value is -1.15. The van der Waals surface area contributed by atoms with E-state index >= 15 is 0 Å².